The fourth-order valence-electron chi connectivity index (χ4n) is 2.13. The van der Waals surface area contributed by atoms with Crippen LogP contribution < -0.4 is 14.8 Å². The van der Waals surface area contributed by atoms with Gasteiger partial charge in [-0.2, -0.15) is 0 Å². The summed E-state index contributed by atoms with van der Waals surface area (Å²) in [5, 5.41) is 13.6. The largest absolute Gasteiger partial charge is 0.493 e. The molecule has 2 heterocycles. The summed E-state index contributed by atoms with van der Waals surface area (Å²) < 4.78 is 16.0. The summed E-state index contributed by atoms with van der Waals surface area (Å²) in [5.41, 5.74) is 2.10. The molecule has 0 saturated heterocycles. The van der Waals surface area contributed by atoms with Crippen molar-refractivity contribution in [1.82, 2.24) is 9.97 Å². The average molecular weight is 347 g/mol. The first-order valence-corrected chi connectivity index (χ1v) is 8.18. The number of anilines is 1. The lowest BCUT2D eigenvalue weighted by molar-refractivity contribution is 0.228. The minimum atomic E-state index is -0.777. The standard InChI is InChI=1S/C16H17N3O4S/c1-21-12-4-3-10(7-13(12)22-2)18-15(20)9-24-16-19-11-5-6-17-8-14(11)23-16/h3-8,15,18,20H,9H2,1-2H3. The molecule has 24 heavy (non-hydrogen) atoms. The smallest absolute Gasteiger partial charge is 0.256 e. The van der Waals surface area contributed by atoms with Gasteiger partial charge < -0.3 is 24.3 Å². The Morgan fingerprint density at radius 3 is 2.83 bits per heavy atom. The number of pyridine rings is 1. The molecule has 0 spiro atoms. The molecule has 2 N–H and O–H groups in total. The summed E-state index contributed by atoms with van der Waals surface area (Å²) in [6.07, 6.45) is 2.50. The molecule has 0 radical (unpaired) electrons. The summed E-state index contributed by atoms with van der Waals surface area (Å²) in [4.78, 5) is 8.30. The maximum Gasteiger partial charge on any atom is 0.256 e. The van der Waals surface area contributed by atoms with E-state index in [9.17, 15) is 5.11 Å². The third-order valence-corrected chi connectivity index (χ3v) is 4.16. The van der Waals surface area contributed by atoms with Gasteiger partial charge in [0.25, 0.3) is 5.22 Å². The van der Waals surface area contributed by atoms with Crippen LogP contribution >= 0.6 is 11.8 Å². The number of hydrogen-bond acceptors (Lipinski definition) is 8. The van der Waals surface area contributed by atoms with Gasteiger partial charge in [-0.05, 0) is 18.2 Å². The van der Waals surface area contributed by atoms with E-state index in [1.165, 1.54) is 11.8 Å². The van der Waals surface area contributed by atoms with Crippen LogP contribution in [0.4, 0.5) is 5.69 Å². The van der Waals surface area contributed by atoms with Gasteiger partial charge in [-0.25, -0.2) is 4.98 Å². The van der Waals surface area contributed by atoms with E-state index in [4.69, 9.17) is 13.9 Å². The summed E-state index contributed by atoms with van der Waals surface area (Å²) >= 11 is 1.32. The van der Waals surface area contributed by atoms with Crippen LogP contribution in [0.1, 0.15) is 0 Å². The fraction of sp³-hybridized carbons (Fsp3) is 0.250. The van der Waals surface area contributed by atoms with Gasteiger partial charge in [0, 0.05) is 23.7 Å². The van der Waals surface area contributed by atoms with Crippen LogP contribution in [0, 0.1) is 0 Å². The molecule has 1 aromatic carbocycles. The summed E-state index contributed by atoms with van der Waals surface area (Å²) in [5.74, 6) is 1.59. The van der Waals surface area contributed by atoms with E-state index in [0.717, 1.165) is 11.2 Å². The topological polar surface area (TPSA) is 89.6 Å². The van der Waals surface area contributed by atoms with E-state index in [0.29, 0.717) is 28.1 Å². The number of aliphatic hydroxyl groups excluding tert-OH is 1. The Morgan fingerprint density at radius 1 is 1.25 bits per heavy atom. The van der Waals surface area contributed by atoms with Crippen molar-refractivity contribution in [3.05, 3.63) is 36.7 Å². The Hall–Kier alpha value is -2.45. The van der Waals surface area contributed by atoms with E-state index in [1.54, 1.807) is 50.9 Å². The van der Waals surface area contributed by atoms with Crippen LogP contribution in [0.3, 0.4) is 0 Å². The van der Waals surface area contributed by atoms with Gasteiger partial charge in [-0.1, -0.05) is 11.8 Å². The molecule has 0 bridgehead atoms. The van der Waals surface area contributed by atoms with Crippen molar-refractivity contribution >= 4 is 28.5 Å². The number of nitrogens with zero attached hydrogens (tertiary/aromatic N) is 2. The third kappa shape index (κ3) is 3.72. The number of fused-ring (bicyclic) bond motifs is 1. The number of aromatic nitrogens is 2. The molecule has 8 heteroatoms. The second kappa shape index (κ2) is 7.41. The van der Waals surface area contributed by atoms with Gasteiger partial charge in [0.05, 0.1) is 20.4 Å². The number of hydrogen-bond donors (Lipinski definition) is 2. The normalized spacial score (nSPS) is 12.1. The van der Waals surface area contributed by atoms with Crippen molar-refractivity contribution in [2.24, 2.45) is 0 Å². The van der Waals surface area contributed by atoms with Gasteiger partial charge in [-0.3, -0.25) is 4.98 Å². The molecule has 0 aliphatic heterocycles. The minimum Gasteiger partial charge on any atom is -0.493 e. The number of benzene rings is 1. The van der Waals surface area contributed by atoms with E-state index >= 15 is 0 Å². The molecule has 1 unspecified atom stereocenters. The highest BCUT2D eigenvalue weighted by atomic mass is 32.2. The average Bonchev–Trinajstić information content (AvgIpc) is 3.03. The predicted octanol–water partition coefficient (Wildman–Crippen LogP) is 2.76. The quantitative estimate of drug-likeness (QED) is 0.498. The zero-order valence-electron chi connectivity index (χ0n) is 13.2. The lowest BCUT2D eigenvalue weighted by atomic mass is 10.2. The lowest BCUT2D eigenvalue weighted by Crippen LogP contribution is -2.21. The zero-order chi connectivity index (χ0) is 16.9. The Balaban J connectivity index is 1.60. The lowest BCUT2D eigenvalue weighted by Gasteiger charge is -2.15. The second-order valence-electron chi connectivity index (χ2n) is 4.86. The van der Waals surface area contributed by atoms with Crippen molar-refractivity contribution in [3.8, 4) is 11.5 Å². The number of aliphatic hydroxyl groups is 1. The van der Waals surface area contributed by atoms with Gasteiger partial charge in [0.2, 0.25) is 0 Å². The molecular formula is C16H17N3O4S. The number of nitrogens with one attached hydrogen (secondary N) is 1. The van der Waals surface area contributed by atoms with E-state index < -0.39 is 6.23 Å². The van der Waals surface area contributed by atoms with Gasteiger partial charge >= 0.3 is 0 Å². The van der Waals surface area contributed by atoms with Crippen LogP contribution in [-0.4, -0.2) is 41.3 Å². The highest BCUT2D eigenvalue weighted by Crippen LogP contribution is 2.30. The third-order valence-electron chi connectivity index (χ3n) is 3.25. The van der Waals surface area contributed by atoms with Crippen LogP contribution in [0.5, 0.6) is 11.5 Å². The maximum atomic E-state index is 10.1. The van der Waals surface area contributed by atoms with E-state index in [2.05, 4.69) is 15.3 Å². The van der Waals surface area contributed by atoms with Crippen molar-refractivity contribution in [2.45, 2.75) is 11.5 Å². The zero-order valence-corrected chi connectivity index (χ0v) is 14.0. The molecule has 1 atom stereocenters. The van der Waals surface area contributed by atoms with E-state index in [-0.39, 0.29) is 0 Å². The van der Waals surface area contributed by atoms with Crippen LogP contribution in [0.15, 0.2) is 46.3 Å². The Kier molecular flexibility index (Phi) is 5.07. The summed E-state index contributed by atoms with van der Waals surface area (Å²) in [6, 6.07) is 7.12. The number of oxazole rings is 1. The van der Waals surface area contributed by atoms with Crippen molar-refractivity contribution in [1.29, 1.82) is 0 Å². The Bertz CT molecular complexity index is 791. The van der Waals surface area contributed by atoms with Crippen molar-refractivity contribution < 1.29 is 19.0 Å². The predicted molar refractivity (Wildman–Crippen MR) is 91.7 cm³/mol. The molecule has 126 valence electrons. The van der Waals surface area contributed by atoms with Crippen LogP contribution in [-0.2, 0) is 0 Å². The monoisotopic (exact) mass is 347 g/mol. The molecule has 0 fully saturated rings. The minimum absolute atomic E-state index is 0.370. The number of ether oxygens (including phenoxy) is 2. The van der Waals surface area contributed by atoms with Crippen molar-refractivity contribution in [2.75, 3.05) is 25.3 Å². The molecule has 2 aromatic heterocycles. The highest BCUT2D eigenvalue weighted by Gasteiger charge is 2.11. The van der Waals surface area contributed by atoms with Crippen LogP contribution in [0.2, 0.25) is 0 Å². The van der Waals surface area contributed by atoms with Gasteiger partial charge in [-0.15, -0.1) is 0 Å². The highest BCUT2D eigenvalue weighted by molar-refractivity contribution is 7.99. The number of methoxy groups -OCH3 is 2. The Morgan fingerprint density at radius 2 is 2.08 bits per heavy atom. The summed E-state index contributed by atoms with van der Waals surface area (Å²) in [6.45, 7) is 0. The molecule has 0 aliphatic rings. The first kappa shape index (κ1) is 16.4. The van der Waals surface area contributed by atoms with Gasteiger partial charge in [0.15, 0.2) is 17.1 Å². The molecule has 3 rings (SSSR count). The molecule has 0 amide bonds. The fourth-order valence-corrected chi connectivity index (χ4v) is 2.83. The SMILES string of the molecule is COc1ccc(NC(O)CSc2nc3ccncc3o2)cc1OC. The Labute approximate surface area is 143 Å². The second-order valence-corrected chi connectivity index (χ2v) is 5.84. The number of thioether (sulfide) groups is 1. The molecule has 3 aromatic rings. The van der Waals surface area contributed by atoms with E-state index in [1.807, 2.05) is 0 Å². The molecule has 0 aliphatic carbocycles. The molecular weight excluding hydrogens is 330 g/mol. The van der Waals surface area contributed by atoms with Crippen molar-refractivity contribution in [3.63, 3.8) is 0 Å². The van der Waals surface area contributed by atoms with Gasteiger partial charge in [0.1, 0.15) is 11.7 Å². The first-order chi connectivity index (χ1) is 11.7. The molecule has 0 saturated carbocycles. The molecule has 7 nitrogen and oxygen atoms in total. The first-order valence-electron chi connectivity index (χ1n) is 7.19. The summed E-state index contributed by atoms with van der Waals surface area (Å²) in [7, 11) is 3.14. The number of rotatable bonds is 7. The van der Waals surface area contributed by atoms with Crippen LogP contribution in [0.25, 0.3) is 11.1 Å². The maximum absolute atomic E-state index is 10.1.